The molecule has 5 amide bonds. The molecule has 138 valence electrons. The normalized spacial score (nSPS) is 17.8. The van der Waals surface area contributed by atoms with Gasteiger partial charge in [-0.3, -0.25) is 35.0 Å². The Labute approximate surface area is 150 Å². The summed E-state index contributed by atoms with van der Waals surface area (Å²) in [5.41, 5.74) is 5.60. The van der Waals surface area contributed by atoms with E-state index in [2.05, 4.69) is 21.2 Å². The van der Waals surface area contributed by atoms with Crippen LogP contribution >= 0.6 is 0 Å². The van der Waals surface area contributed by atoms with Crippen LogP contribution in [0.4, 0.5) is 4.79 Å². The maximum absolute atomic E-state index is 12.6. The predicted molar refractivity (Wildman–Crippen MR) is 92.2 cm³/mol. The Morgan fingerprint density at radius 2 is 1.96 bits per heavy atom. The number of imide groups is 2. The molecule has 0 aliphatic carbocycles. The highest BCUT2D eigenvalue weighted by molar-refractivity contribution is 6.17. The van der Waals surface area contributed by atoms with Gasteiger partial charge in [0.2, 0.25) is 11.8 Å². The molecule has 1 saturated heterocycles. The van der Waals surface area contributed by atoms with E-state index in [9.17, 15) is 19.2 Å². The van der Waals surface area contributed by atoms with Crippen molar-refractivity contribution in [2.24, 2.45) is 5.92 Å². The van der Waals surface area contributed by atoms with Gasteiger partial charge in [-0.2, -0.15) is 0 Å². The number of unbranched alkanes of at least 4 members (excludes halogenated alkanes) is 1. The number of allylic oxidation sites excluding steroid dienone is 1. The number of urea groups is 1. The number of aromatic nitrogens is 1. The first-order valence-corrected chi connectivity index (χ1v) is 8.28. The van der Waals surface area contributed by atoms with Gasteiger partial charge in [-0.25, -0.2) is 4.79 Å². The zero-order valence-electron chi connectivity index (χ0n) is 14.6. The van der Waals surface area contributed by atoms with E-state index in [4.69, 9.17) is 0 Å². The van der Waals surface area contributed by atoms with Crippen molar-refractivity contribution in [3.05, 3.63) is 41.9 Å². The van der Waals surface area contributed by atoms with Crippen LogP contribution in [0.25, 0.3) is 0 Å². The average molecular weight is 359 g/mol. The van der Waals surface area contributed by atoms with Gasteiger partial charge in [0, 0.05) is 30.2 Å². The van der Waals surface area contributed by atoms with Crippen LogP contribution in [-0.2, 0) is 9.59 Å². The highest BCUT2D eigenvalue weighted by Crippen LogP contribution is 2.17. The van der Waals surface area contributed by atoms with E-state index in [1.807, 2.05) is 6.92 Å². The van der Waals surface area contributed by atoms with Crippen LogP contribution in [0.3, 0.4) is 0 Å². The van der Waals surface area contributed by atoms with Crippen molar-refractivity contribution in [2.45, 2.75) is 26.7 Å². The lowest BCUT2D eigenvalue weighted by Crippen LogP contribution is -2.60. The molecule has 1 aromatic heterocycles. The van der Waals surface area contributed by atoms with Crippen LogP contribution in [0.15, 0.2) is 36.3 Å². The molecule has 0 saturated carbocycles. The molecule has 9 heteroatoms. The zero-order valence-corrected chi connectivity index (χ0v) is 14.6. The van der Waals surface area contributed by atoms with Crippen LogP contribution in [0.2, 0.25) is 0 Å². The number of nitrogens with one attached hydrogen (secondary N) is 3. The second kappa shape index (κ2) is 8.75. The topological polar surface area (TPSA) is 120 Å². The Bertz CT molecular complexity index is 732. The third-order valence-electron chi connectivity index (χ3n) is 3.87. The Balaban J connectivity index is 2.09. The minimum atomic E-state index is -1.23. The molecule has 2 rings (SSSR count). The molecule has 1 atom stereocenters. The number of nitrogens with zero attached hydrogens (tertiary/aromatic N) is 2. The van der Waals surface area contributed by atoms with Crippen molar-refractivity contribution in [3.63, 3.8) is 0 Å². The van der Waals surface area contributed by atoms with Gasteiger partial charge < -0.3 is 5.43 Å². The first-order chi connectivity index (χ1) is 12.5. The number of carbonyl (C=O) groups is 4. The van der Waals surface area contributed by atoms with Crippen LogP contribution in [0.1, 0.15) is 37.0 Å². The number of barbiturate groups is 1. The van der Waals surface area contributed by atoms with Crippen molar-refractivity contribution in [1.82, 2.24) is 26.1 Å². The van der Waals surface area contributed by atoms with Crippen LogP contribution in [-0.4, -0.2) is 40.2 Å². The Kier molecular flexibility index (Phi) is 6.42. The summed E-state index contributed by atoms with van der Waals surface area (Å²) in [5.74, 6) is -3.03. The Hall–Kier alpha value is -3.23. The van der Waals surface area contributed by atoms with Crippen molar-refractivity contribution in [3.8, 4) is 0 Å². The molecule has 0 radical (unpaired) electrons. The fourth-order valence-electron chi connectivity index (χ4n) is 2.43. The molecule has 0 spiro atoms. The number of hydrazine groups is 1. The number of pyridine rings is 1. The van der Waals surface area contributed by atoms with Gasteiger partial charge in [0.15, 0.2) is 5.92 Å². The Morgan fingerprint density at radius 1 is 1.27 bits per heavy atom. The zero-order chi connectivity index (χ0) is 19.1. The van der Waals surface area contributed by atoms with Gasteiger partial charge in [-0.15, -0.1) is 0 Å². The smallest absolute Gasteiger partial charge is 0.301 e. The maximum atomic E-state index is 12.6. The maximum Gasteiger partial charge on any atom is 0.330 e. The highest BCUT2D eigenvalue weighted by atomic mass is 16.2. The van der Waals surface area contributed by atoms with E-state index in [1.165, 1.54) is 30.6 Å². The highest BCUT2D eigenvalue weighted by Gasteiger charge is 2.42. The molecule has 0 bridgehead atoms. The van der Waals surface area contributed by atoms with Gasteiger partial charge in [0.25, 0.3) is 5.91 Å². The van der Waals surface area contributed by atoms with E-state index in [-0.39, 0.29) is 12.2 Å². The first kappa shape index (κ1) is 19.1. The van der Waals surface area contributed by atoms with Crippen molar-refractivity contribution in [1.29, 1.82) is 0 Å². The molecule has 2 heterocycles. The second-order valence-electron chi connectivity index (χ2n) is 5.63. The van der Waals surface area contributed by atoms with Gasteiger partial charge in [0.05, 0.1) is 0 Å². The fourth-order valence-corrected chi connectivity index (χ4v) is 2.43. The molecular weight excluding hydrogens is 338 g/mol. The Morgan fingerprint density at radius 3 is 2.58 bits per heavy atom. The number of carbonyl (C=O) groups excluding carboxylic acids is 4. The largest absolute Gasteiger partial charge is 0.330 e. The lowest BCUT2D eigenvalue weighted by molar-refractivity contribution is -0.141. The second-order valence-corrected chi connectivity index (χ2v) is 5.63. The summed E-state index contributed by atoms with van der Waals surface area (Å²) >= 11 is 0. The molecule has 1 fully saturated rings. The van der Waals surface area contributed by atoms with E-state index in [1.54, 1.807) is 6.92 Å². The standard InChI is InChI=1S/C17H21N5O4/c1-3-5-10-22-16(25)13(15(24)19-17(22)26)12(4-2)20-21-14(23)11-6-8-18-9-7-11/h4,6-9,13,20H,3,5,10H2,1-2H3,(H,21,23)(H,19,24,26)/b12-4-/t13-/m0/s1. The van der Waals surface area contributed by atoms with Crippen LogP contribution < -0.4 is 16.2 Å². The molecule has 3 N–H and O–H groups in total. The number of rotatable bonds is 7. The summed E-state index contributed by atoms with van der Waals surface area (Å²) in [6, 6.07) is 2.33. The molecule has 0 unspecified atom stereocenters. The molecule has 9 nitrogen and oxygen atoms in total. The van der Waals surface area contributed by atoms with Crippen molar-refractivity contribution < 1.29 is 19.2 Å². The van der Waals surface area contributed by atoms with Gasteiger partial charge in [-0.05, 0) is 25.5 Å². The summed E-state index contributed by atoms with van der Waals surface area (Å²) in [7, 11) is 0. The SMILES string of the molecule is C/C=C(\NNC(=O)c1ccncc1)[C@H]1C(=O)NC(=O)N(CCCC)C1=O. The predicted octanol–water partition coefficient (Wildman–Crippen LogP) is 0.714. The van der Waals surface area contributed by atoms with E-state index >= 15 is 0 Å². The van der Waals surface area contributed by atoms with Gasteiger partial charge in [0.1, 0.15) is 0 Å². The monoisotopic (exact) mass is 359 g/mol. The van der Waals surface area contributed by atoms with Crippen LogP contribution in [0.5, 0.6) is 0 Å². The van der Waals surface area contributed by atoms with Gasteiger partial charge in [-0.1, -0.05) is 19.4 Å². The number of hydrogen-bond acceptors (Lipinski definition) is 6. The van der Waals surface area contributed by atoms with E-state index < -0.39 is 29.7 Å². The summed E-state index contributed by atoms with van der Waals surface area (Å²) in [6.07, 6.45) is 5.88. The lowest BCUT2D eigenvalue weighted by Gasteiger charge is -2.31. The van der Waals surface area contributed by atoms with E-state index in [0.717, 1.165) is 11.3 Å². The lowest BCUT2D eigenvalue weighted by atomic mass is 10.00. The van der Waals surface area contributed by atoms with Crippen LogP contribution in [0, 0.1) is 5.92 Å². The molecular formula is C17H21N5O4. The summed E-state index contributed by atoms with van der Waals surface area (Å²) in [4.78, 5) is 53.6. The molecule has 1 aliphatic rings. The van der Waals surface area contributed by atoms with E-state index in [0.29, 0.717) is 12.0 Å². The third kappa shape index (κ3) is 4.24. The molecule has 1 aromatic rings. The van der Waals surface area contributed by atoms with Crippen molar-refractivity contribution in [2.75, 3.05) is 6.54 Å². The molecule has 26 heavy (non-hydrogen) atoms. The minimum absolute atomic E-state index is 0.184. The third-order valence-corrected chi connectivity index (χ3v) is 3.87. The summed E-state index contributed by atoms with van der Waals surface area (Å²) in [5, 5.41) is 2.18. The average Bonchev–Trinajstić information content (AvgIpc) is 2.64. The molecule has 0 aromatic carbocycles. The number of hydrogen-bond donors (Lipinski definition) is 3. The fraction of sp³-hybridized carbons (Fsp3) is 0.353. The molecule has 1 aliphatic heterocycles. The first-order valence-electron chi connectivity index (χ1n) is 8.28. The van der Waals surface area contributed by atoms with Crippen molar-refractivity contribution >= 4 is 23.8 Å². The quantitative estimate of drug-likeness (QED) is 0.487. The number of amides is 5. The summed E-state index contributed by atoms with van der Waals surface area (Å²) in [6.45, 7) is 3.78. The summed E-state index contributed by atoms with van der Waals surface area (Å²) < 4.78 is 0. The van der Waals surface area contributed by atoms with Gasteiger partial charge >= 0.3 is 6.03 Å². The minimum Gasteiger partial charge on any atom is -0.301 e.